The molecule has 4 fully saturated rings. The molecule has 14 heteroatoms. The number of benzene rings is 2. The van der Waals surface area contributed by atoms with E-state index in [1.54, 1.807) is 12.1 Å². The van der Waals surface area contributed by atoms with Crippen LogP contribution in [-0.4, -0.2) is 117 Å². The number of nitrogens with two attached hydrogens (primary N) is 1. The summed E-state index contributed by atoms with van der Waals surface area (Å²) >= 11 is 0. The number of fused-ring (bicyclic) bond motifs is 1. The number of hydrogen-bond donors (Lipinski definition) is 3. The van der Waals surface area contributed by atoms with E-state index >= 15 is 4.39 Å². The van der Waals surface area contributed by atoms with Crippen LogP contribution in [0.5, 0.6) is 0 Å². The number of hydrogen-bond acceptors (Lipinski definition) is 10. The molecule has 4 N–H and O–H groups in total. The van der Waals surface area contributed by atoms with E-state index in [-0.39, 0.29) is 30.0 Å². The molecule has 0 aliphatic carbocycles. The number of amides is 3. The van der Waals surface area contributed by atoms with Crippen molar-refractivity contribution in [3.63, 3.8) is 0 Å². The van der Waals surface area contributed by atoms with Crippen molar-refractivity contribution in [1.29, 1.82) is 0 Å². The maximum atomic E-state index is 15.1. The number of piperidine rings is 3. The third-order valence-electron chi connectivity index (χ3n) is 13.6. The first-order chi connectivity index (χ1) is 30.1. The lowest BCUT2D eigenvalue weighted by Gasteiger charge is -2.39. The number of halogens is 1. The van der Waals surface area contributed by atoms with Crippen LogP contribution in [0.15, 0.2) is 79.1 Å². The molecule has 1 unspecified atom stereocenters. The van der Waals surface area contributed by atoms with E-state index < -0.39 is 6.04 Å². The zero-order valence-corrected chi connectivity index (χ0v) is 35.6. The number of piperazine rings is 1. The summed E-state index contributed by atoms with van der Waals surface area (Å²) in [4.78, 5) is 55.5. The summed E-state index contributed by atoms with van der Waals surface area (Å²) in [6, 6.07) is 21.1. The summed E-state index contributed by atoms with van der Waals surface area (Å²) in [5.74, 6) is 0.741. The molecular weight excluding hydrogens is 784 g/mol. The molecule has 4 aliphatic rings. The van der Waals surface area contributed by atoms with E-state index in [1.165, 1.54) is 17.3 Å². The van der Waals surface area contributed by atoms with Crippen LogP contribution in [0.3, 0.4) is 0 Å². The molecule has 0 saturated carbocycles. The molecule has 4 saturated heterocycles. The van der Waals surface area contributed by atoms with Gasteiger partial charge in [0.25, 0.3) is 5.91 Å². The minimum absolute atomic E-state index is 0.130. The Morgan fingerprint density at radius 3 is 2.27 bits per heavy atom. The van der Waals surface area contributed by atoms with Crippen molar-refractivity contribution in [1.82, 2.24) is 39.5 Å². The van der Waals surface area contributed by atoms with E-state index in [2.05, 4.69) is 60.1 Å². The summed E-state index contributed by atoms with van der Waals surface area (Å²) in [7, 11) is 2.10. The molecule has 2 aromatic carbocycles. The Morgan fingerprint density at radius 1 is 0.823 bits per heavy atom. The van der Waals surface area contributed by atoms with Crippen molar-refractivity contribution in [2.24, 2.45) is 13.0 Å². The normalized spacial score (nSPS) is 20.2. The van der Waals surface area contributed by atoms with Crippen LogP contribution in [0.2, 0.25) is 0 Å². The van der Waals surface area contributed by atoms with E-state index in [0.29, 0.717) is 41.9 Å². The van der Waals surface area contributed by atoms with Gasteiger partial charge in [0.1, 0.15) is 23.3 Å². The van der Waals surface area contributed by atoms with Gasteiger partial charge in [-0.2, -0.15) is 0 Å². The molecule has 1 atom stereocenters. The zero-order valence-electron chi connectivity index (χ0n) is 35.6. The number of pyridine rings is 2. The van der Waals surface area contributed by atoms with Crippen LogP contribution in [-0.2, 0) is 29.7 Å². The van der Waals surface area contributed by atoms with Gasteiger partial charge in [0.2, 0.25) is 11.8 Å². The predicted molar refractivity (Wildman–Crippen MR) is 239 cm³/mol. The number of nitrogens with one attached hydrogen (secondary N) is 2. The first kappa shape index (κ1) is 41.6. The Balaban J connectivity index is 0.693. The Labute approximate surface area is 362 Å². The first-order valence-corrected chi connectivity index (χ1v) is 22.2. The zero-order chi connectivity index (χ0) is 42.7. The third kappa shape index (κ3) is 9.37. The third-order valence-corrected chi connectivity index (χ3v) is 13.6. The maximum Gasteiger partial charge on any atom is 0.253 e. The monoisotopic (exact) mass is 840 g/mol. The number of aromatic nitrogens is 3. The van der Waals surface area contributed by atoms with Crippen molar-refractivity contribution in [2.75, 3.05) is 70.0 Å². The highest BCUT2D eigenvalue weighted by atomic mass is 19.1. The molecule has 13 nitrogen and oxygen atoms in total. The molecule has 5 aromatic rings. The van der Waals surface area contributed by atoms with Crippen molar-refractivity contribution < 1.29 is 18.8 Å². The summed E-state index contributed by atoms with van der Waals surface area (Å²) < 4.78 is 17.3. The number of nitrogen functional groups attached to an aromatic ring is 1. The van der Waals surface area contributed by atoms with Crippen molar-refractivity contribution >= 4 is 40.3 Å². The second-order valence-corrected chi connectivity index (χ2v) is 17.7. The first-order valence-electron chi connectivity index (χ1n) is 22.2. The number of carbonyl (C=O) groups is 3. The summed E-state index contributed by atoms with van der Waals surface area (Å²) in [5, 5.41) is 6.51. The number of nitrogens with zero attached hydrogens (tertiary/aromatic N) is 7. The van der Waals surface area contributed by atoms with Crippen LogP contribution in [0.25, 0.3) is 22.2 Å². The number of imide groups is 1. The van der Waals surface area contributed by atoms with E-state index in [9.17, 15) is 14.4 Å². The van der Waals surface area contributed by atoms with Gasteiger partial charge >= 0.3 is 0 Å². The second-order valence-electron chi connectivity index (χ2n) is 17.7. The van der Waals surface area contributed by atoms with Crippen LogP contribution in [0.1, 0.15) is 71.6 Å². The highest BCUT2D eigenvalue weighted by Crippen LogP contribution is 2.33. The van der Waals surface area contributed by atoms with Gasteiger partial charge in [-0.25, -0.2) is 14.4 Å². The van der Waals surface area contributed by atoms with Crippen LogP contribution >= 0.6 is 0 Å². The summed E-state index contributed by atoms with van der Waals surface area (Å²) in [6.07, 6.45) is 8.53. The lowest BCUT2D eigenvalue weighted by atomic mass is 9.88. The van der Waals surface area contributed by atoms with Gasteiger partial charge in [0, 0.05) is 118 Å². The lowest BCUT2D eigenvalue weighted by molar-refractivity contribution is -0.133. The molecule has 3 amide bonds. The average molecular weight is 841 g/mol. The van der Waals surface area contributed by atoms with Gasteiger partial charge in [0.15, 0.2) is 0 Å². The molecule has 9 rings (SSSR count). The Kier molecular flexibility index (Phi) is 12.3. The second kappa shape index (κ2) is 18.3. The fourth-order valence-corrected chi connectivity index (χ4v) is 9.83. The molecule has 7 heterocycles. The largest absolute Gasteiger partial charge is 0.384 e. The molecular formula is C48H57FN10O3. The van der Waals surface area contributed by atoms with Gasteiger partial charge in [-0.1, -0.05) is 18.2 Å². The SMILES string of the molecule is Cn1c(CN2CCC(c3ccc(C(=O)N4CCC(CN5CCN(Cc6ccc(NC7CCC(=O)NC7=O)cc6F)CC5)CC4)cc3)CC2)cc2c(-c3ccc(N)nc3)ccnc21. The Morgan fingerprint density at radius 2 is 1.56 bits per heavy atom. The van der Waals surface area contributed by atoms with Gasteiger partial charge in [-0.15, -0.1) is 0 Å². The standard InChI is InChI=1S/C48H57FN10O3/c1-55-39(27-41-40(12-17-51-46(41)55)36-7-10-44(50)52-28-36)31-56-18-15-34(16-19-56)33-2-4-35(5-3-33)48(62)59-20-13-32(14-21-59)29-57-22-24-58(25-23-57)30-37-6-8-38(26-42(37)49)53-43-9-11-45(60)54-47(43)61/h2-8,10,12,17,26-28,32,34,43,53H,9,11,13-16,18-25,29-31H2,1H3,(H2,50,52)(H,54,60,61). The maximum absolute atomic E-state index is 15.1. The lowest BCUT2D eigenvalue weighted by Crippen LogP contribution is -2.48. The van der Waals surface area contributed by atoms with Gasteiger partial charge in [-0.05, 0) is 117 Å². The van der Waals surface area contributed by atoms with E-state index in [0.717, 1.165) is 119 Å². The minimum Gasteiger partial charge on any atom is -0.384 e. The highest BCUT2D eigenvalue weighted by molar-refractivity contribution is 6.01. The molecule has 0 spiro atoms. The molecule has 0 radical (unpaired) electrons. The molecule has 62 heavy (non-hydrogen) atoms. The van der Waals surface area contributed by atoms with Gasteiger partial charge in [0.05, 0.1) is 0 Å². The van der Waals surface area contributed by atoms with Crippen molar-refractivity contribution in [2.45, 2.75) is 63.6 Å². The van der Waals surface area contributed by atoms with Crippen LogP contribution in [0.4, 0.5) is 15.9 Å². The average Bonchev–Trinajstić information content (AvgIpc) is 3.61. The number of aryl methyl sites for hydroxylation is 1. The number of likely N-dealkylation sites (tertiary alicyclic amines) is 2. The predicted octanol–water partition coefficient (Wildman–Crippen LogP) is 5.62. The fourth-order valence-electron chi connectivity index (χ4n) is 9.83. The molecule has 3 aromatic heterocycles. The van der Waals surface area contributed by atoms with Gasteiger partial charge in [-0.3, -0.25) is 29.5 Å². The fraction of sp³-hybridized carbons (Fsp3) is 0.438. The summed E-state index contributed by atoms with van der Waals surface area (Å²) in [5.41, 5.74) is 13.5. The Bertz CT molecular complexity index is 2400. The topological polar surface area (TPSA) is 145 Å². The van der Waals surface area contributed by atoms with Crippen LogP contribution in [0, 0.1) is 11.7 Å². The quantitative estimate of drug-likeness (QED) is 0.143. The highest BCUT2D eigenvalue weighted by Gasteiger charge is 2.29. The van der Waals surface area contributed by atoms with E-state index in [4.69, 9.17) is 10.7 Å². The molecule has 4 aliphatic heterocycles. The molecule has 324 valence electrons. The molecule has 0 bridgehead atoms. The summed E-state index contributed by atoms with van der Waals surface area (Å²) in [6.45, 7) is 9.66. The number of carbonyl (C=O) groups excluding carboxylic acids is 3. The van der Waals surface area contributed by atoms with Crippen molar-refractivity contribution in [3.8, 4) is 11.1 Å². The minimum atomic E-state index is -0.541. The smallest absolute Gasteiger partial charge is 0.253 e. The van der Waals surface area contributed by atoms with Gasteiger partial charge < -0.3 is 25.4 Å². The number of anilines is 2. The number of rotatable bonds is 11. The Hall–Kier alpha value is -5.70. The van der Waals surface area contributed by atoms with Crippen molar-refractivity contribution in [3.05, 3.63) is 107 Å². The van der Waals surface area contributed by atoms with Crippen LogP contribution < -0.4 is 16.4 Å². The van der Waals surface area contributed by atoms with E-state index in [1.807, 2.05) is 47.6 Å².